The molecule has 1 aliphatic heterocycles. The number of amides is 2. The van der Waals surface area contributed by atoms with Crippen LogP contribution < -0.4 is 30.2 Å². The van der Waals surface area contributed by atoms with Crippen molar-refractivity contribution in [2.75, 3.05) is 32.1 Å². The number of pyridine rings is 1. The number of ether oxygens (including phenoxy) is 3. The molecule has 0 spiro atoms. The maximum atomic E-state index is 15.0. The summed E-state index contributed by atoms with van der Waals surface area (Å²) in [6.45, 7) is 2.57. The molecular formula is C29H29FN6O5. The van der Waals surface area contributed by atoms with Gasteiger partial charge in [-0.05, 0) is 56.1 Å². The van der Waals surface area contributed by atoms with Crippen LogP contribution in [-0.4, -0.2) is 53.6 Å². The van der Waals surface area contributed by atoms with Crippen LogP contribution >= 0.6 is 0 Å². The summed E-state index contributed by atoms with van der Waals surface area (Å²) in [4.78, 5) is 36.7. The summed E-state index contributed by atoms with van der Waals surface area (Å²) in [5.74, 6) is -0.740. The number of fused-ring (bicyclic) bond motifs is 1. The standard InChI is InChI=1S/C29H29FN6O5/c1-39-26-13-21-23(14-27(26)40-17-18-4-7-31-8-5-18)34-9-6-24(21)41-25-3-2-19(12-22(25)30)36-29(38)28(37)35-16-20-15-32-10-11-33-20/h2-3,6,9-15,18,31H,4-5,7-8,16-17H2,1H3,(H,35,37)(H,36,38). The fourth-order valence-corrected chi connectivity index (χ4v) is 4.39. The number of nitrogens with zero attached hydrogens (tertiary/aromatic N) is 3. The van der Waals surface area contributed by atoms with E-state index >= 15 is 0 Å². The molecule has 3 heterocycles. The summed E-state index contributed by atoms with van der Waals surface area (Å²) >= 11 is 0. The number of methoxy groups -OCH3 is 1. The zero-order valence-electron chi connectivity index (χ0n) is 22.4. The number of halogens is 1. The van der Waals surface area contributed by atoms with E-state index in [9.17, 15) is 14.0 Å². The number of rotatable bonds is 9. The summed E-state index contributed by atoms with van der Waals surface area (Å²) in [6.07, 6.45) is 8.11. The van der Waals surface area contributed by atoms with Crippen molar-refractivity contribution >= 4 is 28.4 Å². The molecule has 4 aromatic rings. The molecule has 0 aliphatic carbocycles. The number of aromatic nitrogens is 3. The largest absolute Gasteiger partial charge is 0.493 e. The zero-order chi connectivity index (χ0) is 28.6. The second-order valence-electron chi connectivity index (χ2n) is 9.41. The van der Waals surface area contributed by atoms with Crippen molar-refractivity contribution < 1.29 is 28.2 Å². The van der Waals surface area contributed by atoms with Crippen LogP contribution in [0, 0.1) is 11.7 Å². The molecule has 0 unspecified atom stereocenters. The van der Waals surface area contributed by atoms with Crippen LogP contribution in [-0.2, 0) is 16.1 Å². The number of carbonyl (C=O) groups excluding carboxylic acids is 2. The molecule has 0 saturated carbocycles. The SMILES string of the molecule is COc1cc2c(Oc3ccc(NC(=O)C(=O)NCc4cnccn4)cc3F)ccnc2cc1OCC1CCNCC1. The molecular weight excluding hydrogens is 531 g/mol. The van der Waals surface area contributed by atoms with Gasteiger partial charge in [0.05, 0.1) is 37.7 Å². The third-order valence-corrected chi connectivity index (χ3v) is 6.58. The van der Waals surface area contributed by atoms with Crippen LogP contribution in [0.3, 0.4) is 0 Å². The Morgan fingerprint density at radius 2 is 1.83 bits per heavy atom. The molecule has 2 amide bonds. The summed E-state index contributed by atoms with van der Waals surface area (Å²) in [7, 11) is 1.55. The van der Waals surface area contributed by atoms with E-state index in [1.807, 2.05) is 0 Å². The highest BCUT2D eigenvalue weighted by atomic mass is 19.1. The van der Waals surface area contributed by atoms with Gasteiger partial charge in [0.25, 0.3) is 0 Å². The minimum Gasteiger partial charge on any atom is -0.493 e. The molecule has 11 nitrogen and oxygen atoms in total. The van der Waals surface area contributed by atoms with Gasteiger partial charge in [-0.2, -0.15) is 0 Å². The van der Waals surface area contributed by atoms with Gasteiger partial charge >= 0.3 is 11.8 Å². The minimum atomic E-state index is -0.952. The monoisotopic (exact) mass is 560 g/mol. The van der Waals surface area contributed by atoms with Gasteiger partial charge in [0, 0.05) is 41.8 Å². The lowest BCUT2D eigenvalue weighted by Gasteiger charge is -2.23. The molecule has 1 aliphatic rings. The Morgan fingerprint density at radius 1 is 0.976 bits per heavy atom. The molecule has 12 heteroatoms. The van der Waals surface area contributed by atoms with Crippen molar-refractivity contribution in [3.05, 3.63) is 72.7 Å². The van der Waals surface area contributed by atoms with Crippen LogP contribution in [0.1, 0.15) is 18.5 Å². The zero-order valence-corrected chi connectivity index (χ0v) is 22.4. The Balaban J connectivity index is 1.25. The topological polar surface area (TPSA) is 137 Å². The highest BCUT2D eigenvalue weighted by Gasteiger charge is 2.18. The van der Waals surface area contributed by atoms with Gasteiger partial charge in [-0.15, -0.1) is 0 Å². The summed E-state index contributed by atoms with van der Waals surface area (Å²) in [5, 5.41) is 8.76. The molecule has 0 bridgehead atoms. The van der Waals surface area contributed by atoms with E-state index in [1.54, 1.807) is 31.5 Å². The number of nitrogens with one attached hydrogen (secondary N) is 3. The first-order chi connectivity index (χ1) is 20.0. The lowest BCUT2D eigenvalue weighted by molar-refractivity contribution is -0.136. The van der Waals surface area contributed by atoms with E-state index in [1.165, 1.54) is 30.7 Å². The Bertz CT molecular complexity index is 1530. The van der Waals surface area contributed by atoms with E-state index in [2.05, 4.69) is 30.9 Å². The fourth-order valence-electron chi connectivity index (χ4n) is 4.39. The molecule has 41 heavy (non-hydrogen) atoms. The number of benzene rings is 2. The molecule has 3 N–H and O–H groups in total. The lowest BCUT2D eigenvalue weighted by Crippen LogP contribution is -2.35. The van der Waals surface area contributed by atoms with Crippen molar-refractivity contribution in [2.24, 2.45) is 5.92 Å². The Hall–Kier alpha value is -4.84. The Morgan fingerprint density at radius 3 is 2.59 bits per heavy atom. The van der Waals surface area contributed by atoms with Crippen LogP contribution in [0.2, 0.25) is 0 Å². The van der Waals surface area contributed by atoms with Gasteiger partial charge in [-0.3, -0.25) is 24.5 Å². The first-order valence-corrected chi connectivity index (χ1v) is 13.1. The fraction of sp³-hybridized carbons (Fsp3) is 0.276. The summed E-state index contributed by atoms with van der Waals surface area (Å²) < 4.78 is 32.5. The quantitative estimate of drug-likeness (QED) is 0.262. The van der Waals surface area contributed by atoms with Crippen molar-refractivity contribution in [1.82, 2.24) is 25.6 Å². The second-order valence-corrected chi connectivity index (χ2v) is 9.41. The van der Waals surface area contributed by atoms with Crippen LogP contribution in [0.4, 0.5) is 10.1 Å². The average molecular weight is 561 g/mol. The molecule has 5 rings (SSSR count). The van der Waals surface area contributed by atoms with E-state index in [0.29, 0.717) is 46.4 Å². The Labute approximate surface area is 235 Å². The van der Waals surface area contributed by atoms with Crippen molar-refractivity contribution in [3.8, 4) is 23.0 Å². The number of piperidine rings is 1. The smallest absolute Gasteiger partial charge is 0.313 e. The maximum Gasteiger partial charge on any atom is 0.313 e. The molecule has 0 atom stereocenters. The third kappa shape index (κ3) is 7.03. The predicted molar refractivity (Wildman–Crippen MR) is 148 cm³/mol. The Kier molecular flexibility index (Phi) is 8.79. The van der Waals surface area contributed by atoms with Crippen molar-refractivity contribution in [1.29, 1.82) is 0 Å². The molecule has 1 fully saturated rings. The first kappa shape index (κ1) is 27.7. The van der Waals surface area contributed by atoms with Gasteiger partial charge in [-0.25, -0.2) is 4.39 Å². The minimum absolute atomic E-state index is 0.0256. The summed E-state index contributed by atoms with van der Waals surface area (Å²) in [6, 6.07) is 9.02. The second kappa shape index (κ2) is 13.0. The van der Waals surface area contributed by atoms with Gasteiger partial charge < -0.3 is 30.2 Å². The summed E-state index contributed by atoms with van der Waals surface area (Å²) in [5.41, 5.74) is 1.18. The normalized spacial score (nSPS) is 13.4. The van der Waals surface area contributed by atoms with Gasteiger partial charge in [0.1, 0.15) is 5.75 Å². The predicted octanol–water partition coefficient (Wildman–Crippen LogP) is 3.60. The van der Waals surface area contributed by atoms with Crippen molar-refractivity contribution in [3.63, 3.8) is 0 Å². The molecule has 0 radical (unpaired) electrons. The van der Waals surface area contributed by atoms with Gasteiger partial charge in [0.15, 0.2) is 23.1 Å². The van der Waals surface area contributed by atoms with Crippen LogP contribution in [0.5, 0.6) is 23.0 Å². The molecule has 1 saturated heterocycles. The number of anilines is 1. The lowest BCUT2D eigenvalue weighted by atomic mass is 9.99. The average Bonchev–Trinajstić information content (AvgIpc) is 3.00. The van der Waals surface area contributed by atoms with E-state index in [-0.39, 0.29) is 18.0 Å². The highest BCUT2D eigenvalue weighted by molar-refractivity contribution is 6.39. The van der Waals surface area contributed by atoms with Gasteiger partial charge in [0.2, 0.25) is 0 Å². The molecule has 2 aromatic carbocycles. The first-order valence-electron chi connectivity index (χ1n) is 13.1. The van der Waals surface area contributed by atoms with E-state index in [4.69, 9.17) is 14.2 Å². The molecule has 212 valence electrons. The van der Waals surface area contributed by atoms with Crippen molar-refractivity contribution in [2.45, 2.75) is 19.4 Å². The number of carbonyl (C=O) groups is 2. The van der Waals surface area contributed by atoms with Crippen LogP contribution in [0.15, 0.2) is 61.2 Å². The van der Waals surface area contributed by atoms with E-state index < -0.39 is 17.6 Å². The van der Waals surface area contributed by atoms with E-state index in [0.717, 1.165) is 32.0 Å². The number of hydrogen-bond donors (Lipinski definition) is 3. The molecule has 2 aromatic heterocycles. The van der Waals surface area contributed by atoms with Gasteiger partial charge in [-0.1, -0.05) is 0 Å². The maximum absolute atomic E-state index is 15.0. The highest BCUT2D eigenvalue weighted by Crippen LogP contribution is 2.38. The number of hydrogen-bond acceptors (Lipinski definition) is 9. The van der Waals surface area contributed by atoms with Crippen LogP contribution in [0.25, 0.3) is 10.9 Å². The third-order valence-electron chi connectivity index (χ3n) is 6.58.